The fourth-order valence-corrected chi connectivity index (χ4v) is 7.46. The molecule has 3 aromatic carbocycles. The molecule has 1 fully saturated rings. The maximum atomic E-state index is 10.3. The lowest BCUT2D eigenvalue weighted by Crippen LogP contribution is -2.28. The van der Waals surface area contributed by atoms with E-state index in [9.17, 15) is 14.7 Å². The second kappa shape index (κ2) is 29.5. The van der Waals surface area contributed by atoms with Gasteiger partial charge < -0.3 is 20.1 Å². The topological polar surface area (TPSA) is 94.8 Å². The van der Waals surface area contributed by atoms with Crippen molar-refractivity contribution in [3.63, 3.8) is 0 Å². The van der Waals surface area contributed by atoms with Crippen molar-refractivity contribution >= 4 is 12.6 Å². The summed E-state index contributed by atoms with van der Waals surface area (Å²) in [6.07, 6.45) is 21.4. The number of rotatable bonds is 13. The van der Waals surface area contributed by atoms with Crippen molar-refractivity contribution < 1.29 is 24.9 Å². The van der Waals surface area contributed by atoms with E-state index < -0.39 is 0 Å². The third kappa shape index (κ3) is 25.2. The molecule has 0 aliphatic heterocycles. The number of aliphatic hydroxyl groups excluding tert-OH is 3. The molecule has 0 spiro atoms. The lowest BCUT2D eigenvalue weighted by molar-refractivity contribution is -0.108. The van der Waals surface area contributed by atoms with Crippen molar-refractivity contribution in [2.45, 2.75) is 159 Å². The van der Waals surface area contributed by atoms with Gasteiger partial charge in [0.15, 0.2) is 0 Å². The molecular formula is C58H88O5. The Morgan fingerprint density at radius 3 is 1.71 bits per heavy atom. The van der Waals surface area contributed by atoms with E-state index >= 15 is 0 Å². The van der Waals surface area contributed by atoms with Crippen molar-refractivity contribution in [1.29, 1.82) is 0 Å². The fourth-order valence-electron chi connectivity index (χ4n) is 7.46. The number of aryl methyl sites for hydroxylation is 3. The van der Waals surface area contributed by atoms with Crippen LogP contribution < -0.4 is 0 Å². The second-order valence-corrected chi connectivity index (χ2v) is 20.9. The Labute approximate surface area is 385 Å². The highest BCUT2D eigenvalue weighted by Gasteiger charge is 2.24. The molecule has 0 bridgehead atoms. The summed E-state index contributed by atoms with van der Waals surface area (Å²) in [4.78, 5) is 20.5. The van der Waals surface area contributed by atoms with Crippen LogP contribution in [0.25, 0.3) is 0 Å². The van der Waals surface area contributed by atoms with E-state index in [0.717, 1.165) is 55.7 Å². The van der Waals surface area contributed by atoms with E-state index in [1.54, 1.807) is 0 Å². The van der Waals surface area contributed by atoms with Crippen LogP contribution in [-0.2, 0) is 34.3 Å². The Morgan fingerprint density at radius 2 is 1.30 bits per heavy atom. The molecule has 1 saturated carbocycles. The number of aliphatic hydroxyl groups is 3. The van der Waals surface area contributed by atoms with Crippen LogP contribution in [-0.4, -0.2) is 47.2 Å². The number of carbonyl (C=O) groups is 2. The van der Waals surface area contributed by atoms with Crippen LogP contribution in [0.1, 0.15) is 148 Å². The van der Waals surface area contributed by atoms with Gasteiger partial charge in [0.2, 0.25) is 0 Å². The van der Waals surface area contributed by atoms with Gasteiger partial charge in [-0.3, -0.25) is 4.79 Å². The van der Waals surface area contributed by atoms with Crippen LogP contribution >= 0.6 is 0 Å². The highest BCUT2D eigenvalue weighted by atomic mass is 16.3. The number of hydrogen-bond acceptors (Lipinski definition) is 5. The van der Waals surface area contributed by atoms with Gasteiger partial charge in [-0.05, 0) is 147 Å². The van der Waals surface area contributed by atoms with Gasteiger partial charge >= 0.3 is 0 Å². The Bertz CT molecular complexity index is 1790. The lowest BCUT2D eigenvalue weighted by Gasteiger charge is -2.29. The van der Waals surface area contributed by atoms with Crippen molar-refractivity contribution in [3.8, 4) is 0 Å². The summed E-state index contributed by atoms with van der Waals surface area (Å²) in [5.74, 6) is 2.81. The zero-order valence-corrected chi connectivity index (χ0v) is 41.8. The van der Waals surface area contributed by atoms with E-state index in [0.29, 0.717) is 24.9 Å². The molecule has 3 N–H and O–H groups in total. The monoisotopic (exact) mass is 865 g/mol. The Hall–Kier alpha value is -3.90. The molecule has 63 heavy (non-hydrogen) atoms. The first-order valence-corrected chi connectivity index (χ1v) is 23.6. The maximum absolute atomic E-state index is 10.3. The zero-order valence-electron chi connectivity index (χ0n) is 41.8. The molecule has 2 aliphatic carbocycles. The lowest BCUT2D eigenvalue weighted by atomic mass is 9.77. The summed E-state index contributed by atoms with van der Waals surface area (Å²) in [5, 5.41) is 27.7. The van der Waals surface area contributed by atoms with Crippen LogP contribution in [0.2, 0.25) is 0 Å². The molecule has 0 radical (unpaired) electrons. The maximum Gasteiger partial charge on any atom is 0.145 e. The van der Waals surface area contributed by atoms with E-state index in [4.69, 9.17) is 10.2 Å². The molecule has 5 heteroatoms. The molecular weight excluding hydrogens is 777 g/mol. The zero-order chi connectivity index (χ0) is 47.6. The Morgan fingerprint density at radius 1 is 0.746 bits per heavy atom. The van der Waals surface area contributed by atoms with Gasteiger partial charge in [-0.2, -0.15) is 0 Å². The fraction of sp³-hybridized carbons (Fsp3) is 0.552. The number of benzene rings is 3. The van der Waals surface area contributed by atoms with Crippen LogP contribution in [0.3, 0.4) is 0 Å². The van der Waals surface area contributed by atoms with Crippen LogP contribution in [0.15, 0.2) is 109 Å². The van der Waals surface area contributed by atoms with Gasteiger partial charge in [0.25, 0.3) is 0 Å². The summed E-state index contributed by atoms with van der Waals surface area (Å²) in [6.45, 7) is 28.1. The van der Waals surface area contributed by atoms with Crippen LogP contribution in [0.4, 0.5) is 0 Å². The van der Waals surface area contributed by atoms with Gasteiger partial charge in [0.1, 0.15) is 12.6 Å². The third-order valence-electron chi connectivity index (χ3n) is 12.2. The highest BCUT2D eigenvalue weighted by Crippen LogP contribution is 2.33. The van der Waals surface area contributed by atoms with Crippen LogP contribution in [0, 0.1) is 48.3 Å². The minimum Gasteiger partial charge on any atom is -0.396 e. The largest absolute Gasteiger partial charge is 0.396 e. The quantitative estimate of drug-likeness (QED) is 0.118. The summed E-state index contributed by atoms with van der Waals surface area (Å²) >= 11 is 0. The first kappa shape index (κ1) is 57.1. The average Bonchev–Trinajstić information content (AvgIpc) is 3.23. The average molecular weight is 865 g/mol. The van der Waals surface area contributed by atoms with Gasteiger partial charge in [0, 0.05) is 19.6 Å². The summed E-state index contributed by atoms with van der Waals surface area (Å²) in [5.41, 5.74) is 8.72. The van der Waals surface area contributed by atoms with Crippen molar-refractivity contribution in [2.24, 2.45) is 34.5 Å². The van der Waals surface area contributed by atoms with E-state index in [1.807, 2.05) is 32.1 Å². The minimum atomic E-state index is -0.275. The second-order valence-electron chi connectivity index (χ2n) is 20.9. The summed E-state index contributed by atoms with van der Waals surface area (Å²) in [7, 11) is 0. The number of carbonyl (C=O) groups excluding carboxylic acids is 2. The van der Waals surface area contributed by atoms with E-state index in [-0.39, 0.29) is 29.0 Å². The molecule has 2 atom stereocenters. The van der Waals surface area contributed by atoms with E-state index in [2.05, 4.69) is 161 Å². The molecule has 0 heterocycles. The van der Waals surface area contributed by atoms with Gasteiger partial charge in [-0.1, -0.05) is 177 Å². The first-order chi connectivity index (χ1) is 29.5. The summed E-state index contributed by atoms with van der Waals surface area (Å²) in [6, 6.07) is 25.5. The summed E-state index contributed by atoms with van der Waals surface area (Å²) < 4.78 is 0. The third-order valence-corrected chi connectivity index (χ3v) is 12.2. The first-order valence-electron chi connectivity index (χ1n) is 23.6. The number of hydrogen-bond donors (Lipinski definition) is 3. The predicted molar refractivity (Wildman–Crippen MR) is 269 cm³/mol. The predicted octanol–water partition coefficient (Wildman–Crippen LogP) is 13.3. The van der Waals surface area contributed by atoms with Gasteiger partial charge in [-0.15, -0.1) is 0 Å². The molecule has 0 amide bonds. The molecule has 5 rings (SSSR count). The Balaban J connectivity index is 0.000000395. The Kier molecular flexibility index (Phi) is 26.8. The molecule has 5 nitrogen and oxygen atoms in total. The van der Waals surface area contributed by atoms with E-state index in [1.165, 1.54) is 59.1 Å². The van der Waals surface area contributed by atoms with Crippen molar-refractivity contribution in [2.75, 3.05) is 13.2 Å². The molecule has 2 unspecified atom stereocenters. The molecule has 3 aromatic rings. The number of aldehydes is 2. The van der Waals surface area contributed by atoms with Crippen molar-refractivity contribution in [3.05, 3.63) is 142 Å². The van der Waals surface area contributed by atoms with Gasteiger partial charge in [0.05, 0.1) is 6.10 Å². The normalized spacial score (nSPS) is 17.9. The minimum absolute atomic E-state index is 0.00616. The standard InChI is InChI=1S/C13H20O.C13H18O.C12H18O.C10H20O.C10H12O/c1-10-6-5-7-12(8-10)9-13(3,4)11(2)14;1-13(2,3)12-8-6-11(7-9-12)5-4-10-14;1-10-5-4-6-11(7-10)8-12(2,3)9-13;1-8(2)10-5-3-9(7-11)4-6-10;1-9(8-11)7-10-5-3-2-4-6-10/h5-8,11,14H,9H2,1-4H3;6-10H,4-5H2,1-3H3;4-7,13H,8-9H2,1-3H3;8-11H,3-7H2,1-2H3;2-5,7-8,10H,6H2,1H3/t;;;9-,10+;. The highest BCUT2D eigenvalue weighted by molar-refractivity contribution is 5.72. The molecule has 350 valence electrons. The smallest absolute Gasteiger partial charge is 0.145 e. The van der Waals surface area contributed by atoms with Gasteiger partial charge in [-0.25, -0.2) is 0 Å². The molecule has 0 saturated heterocycles. The molecule has 0 aromatic heterocycles. The van der Waals surface area contributed by atoms with Crippen molar-refractivity contribution in [1.82, 2.24) is 0 Å². The number of allylic oxidation sites excluding steroid dienone is 6. The molecule has 2 aliphatic rings. The SMILES string of the molecule is CC(C)(C)c1ccc(CCC=O)cc1.CC(C)[C@H]1CC[C@@H](CO)CC1.CC(C=O)=CC1C=CC=CC1.Cc1cccc(CC(C)(C)C(C)O)c1.Cc1cccc(CC(C)(C)CO)c1. The van der Waals surface area contributed by atoms with Crippen LogP contribution in [0.5, 0.6) is 0 Å².